The topological polar surface area (TPSA) is 55.6 Å². The van der Waals surface area contributed by atoms with E-state index in [0.717, 1.165) is 31.9 Å². The van der Waals surface area contributed by atoms with Crippen molar-refractivity contribution in [1.29, 1.82) is 0 Å². The Balaban J connectivity index is 2.40. The van der Waals surface area contributed by atoms with E-state index in [1.165, 1.54) is 0 Å². The van der Waals surface area contributed by atoms with Crippen molar-refractivity contribution in [3.05, 3.63) is 11.6 Å². The molecule has 0 amide bonds. The number of nitrogens with two attached hydrogens (primary N) is 1. The van der Waals surface area contributed by atoms with Crippen LogP contribution in [0, 0.1) is 0 Å². The number of morpholine rings is 1. The highest BCUT2D eigenvalue weighted by atomic mass is 16.5. The summed E-state index contributed by atoms with van der Waals surface area (Å²) in [7, 11) is 0. The number of ether oxygens (including phenoxy) is 1. The molecule has 0 unspecified atom stereocenters. The van der Waals surface area contributed by atoms with Crippen LogP contribution in [0.3, 0.4) is 0 Å². The fourth-order valence-corrected chi connectivity index (χ4v) is 1.58. The van der Waals surface area contributed by atoms with Crippen LogP contribution in [0.2, 0.25) is 0 Å². The predicted molar refractivity (Wildman–Crippen MR) is 59.7 cm³/mol. The van der Waals surface area contributed by atoms with Crippen molar-refractivity contribution in [2.45, 2.75) is 19.9 Å². The molecule has 1 atom stereocenters. The van der Waals surface area contributed by atoms with Gasteiger partial charge in [0.05, 0.1) is 19.3 Å². The second-order valence-electron chi connectivity index (χ2n) is 3.86. The molecule has 0 aliphatic carbocycles. The summed E-state index contributed by atoms with van der Waals surface area (Å²) in [6.45, 7) is 7.52. The molecule has 0 aromatic rings. The van der Waals surface area contributed by atoms with Gasteiger partial charge >= 0.3 is 0 Å². The zero-order valence-corrected chi connectivity index (χ0v) is 9.53. The molecular weight excluding hydrogens is 192 g/mol. The van der Waals surface area contributed by atoms with Gasteiger partial charge in [0.15, 0.2) is 5.78 Å². The minimum Gasteiger partial charge on any atom is -0.379 e. The first-order valence-corrected chi connectivity index (χ1v) is 5.38. The fraction of sp³-hybridized carbons (Fsp3) is 0.727. The molecule has 0 saturated carbocycles. The van der Waals surface area contributed by atoms with Crippen molar-refractivity contribution < 1.29 is 9.53 Å². The zero-order valence-electron chi connectivity index (χ0n) is 9.53. The fourth-order valence-electron chi connectivity index (χ4n) is 1.58. The number of ketones is 1. The normalized spacial score (nSPS) is 21.4. The van der Waals surface area contributed by atoms with Gasteiger partial charge in [0, 0.05) is 19.6 Å². The van der Waals surface area contributed by atoms with Crippen LogP contribution in [-0.2, 0) is 9.53 Å². The van der Waals surface area contributed by atoms with E-state index in [-0.39, 0.29) is 5.78 Å². The molecule has 2 N–H and O–H groups in total. The summed E-state index contributed by atoms with van der Waals surface area (Å²) in [4.78, 5) is 13.9. The number of carbonyl (C=O) groups is 1. The van der Waals surface area contributed by atoms with Gasteiger partial charge in [-0.15, -0.1) is 0 Å². The summed E-state index contributed by atoms with van der Waals surface area (Å²) >= 11 is 0. The molecule has 0 spiro atoms. The lowest BCUT2D eigenvalue weighted by molar-refractivity contribution is -0.117. The quantitative estimate of drug-likeness (QED) is 0.675. The van der Waals surface area contributed by atoms with E-state index in [1.807, 2.05) is 19.9 Å². The summed E-state index contributed by atoms with van der Waals surface area (Å²) < 4.78 is 5.23. The zero-order chi connectivity index (χ0) is 11.3. The van der Waals surface area contributed by atoms with E-state index >= 15 is 0 Å². The molecule has 1 heterocycles. The molecule has 0 aromatic heterocycles. The highest BCUT2D eigenvalue weighted by Gasteiger charge is 2.19. The van der Waals surface area contributed by atoms with Crippen molar-refractivity contribution in [1.82, 2.24) is 4.90 Å². The lowest BCUT2D eigenvalue weighted by Gasteiger charge is -2.28. The van der Waals surface area contributed by atoms with E-state index in [4.69, 9.17) is 10.5 Å². The second kappa shape index (κ2) is 6.00. The third-order valence-corrected chi connectivity index (χ3v) is 2.72. The van der Waals surface area contributed by atoms with Gasteiger partial charge in [-0.1, -0.05) is 6.08 Å². The molecular formula is C11H20N2O2. The Morgan fingerprint density at radius 3 is 2.67 bits per heavy atom. The molecule has 1 aliphatic heterocycles. The van der Waals surface area contributed by atoms with Gasteiger partial charge in [-0.25, -0.2) is 0 Å². The van der Waals surface area contributed by atoms with Crippen LogP contribution < -0.4 is 5.73 Å². The lowest BCUT2D eigenvalue weighted by Crippen LogP contribution is -2.47. The number of rotatable bonds is 4. The van der Waals surface area contributed by atoms with Crippen molar-refractivity contribution in [3.63, 3.8) is 0 Å². The largest absolute Gasteiger partial charge is 0.379 e. The minimum atomic E-state index is -0.403. The standard InChI is InChI=1S/C11H20N2O2/c1-3-9(2)11(14)10(12)8-13-4-6-15-7-5-13/h3,10H,4-8,12H2,1-2H3/t10-/m0/s1. The number of carbonyl (C=O) groups excluding carboxylic acids is 1. The molecule has 1 fully saturated rings. The van der Waals surface area contributed by atoms with Crippen LogP contribution in [0.1, 0.15) is 13.8 Å². The number of Topliss-reactive ketones (excluding diaryl/α,β-unsaturated/α-hetero) is 1. The van der Waals surface area contributed by atoms with Crippen LogP contribution >= 0.6 is 0 Å². The third-order valence-electron chi connectivity index (χ3n) is 2.72. The Morgan fingerprint density at radius 1 is 1.53 bits per heavy atom. The SMILES string of the molecule is CC=C(C)C(=O)[C@@H](N)CN1CCOCC1. The van der Waals surface area contributed by atoms with Crippen molar-refractivity contribution in [2.24, 2.45) is 5.73 Å². The van der Waals surface area contributed by atoms with Gasteiger partial charge in [-0.2, -0.15) is 0 Å². The average molecular weight is 212 g/mol. The first kappa shape index (κ1) is 12.4. The minimum absolute atomic E-state index is 0.0454. The van der Waals surface area contributed by atoms with Gasteiger partial charge in [0.25, 0.3) is 0 Å². The van der Waals surface area contributed by atoms with Crippen molar-refractivity contribution in [2.75, 3.05) is 32.8 Å². The van der Waals surface area contributed by atoms with Gasteiger partial charge in [0.1, 0.15) is 0 Å². The van der Waals surface area contributed by atoms with Crippen molar-refractivity contribution in [3.8, 4) is 0 Å². The number of nitrogens with zero attached hydrogens (tertiary/aromatic N) is 1. The average Bonchev–Trinajstić information content (AvgIpc) is 2.28. The molecule has 0 bridgehead atoms. The number of hydrogen-bond donors (Lipinski definition) is 1. The maximum Gasteiger partial charge on any atom is 0.176 e. The highest BCUT2D eigenvalue weighted by molar-refractivity contribution is 5.98. The van der Waals surface area contributed by atoms with Crippen molar-refractivity contribution >= 4 is 5.78 Å². The monoisotopic (exact) mass is 212 g/mol. The summed E-state index contributed by atoms with van der Waals surface area (Å²) in [6.07, 6.45) is 1.81. The second-order valence-corrected chi connectivity index (χ2v) is 3.86. The third kappa shape index (κ3) is 3.74. The van der Waals surface area contributed by atoms with E-state index in [2.05, 4.69) is 4.90 Å². The van der Waals surface area contributed by atoms with Crippen LogP contribution in [0.15, 0.2) is 11.6 Å². The predicted octanol–water partition coefficient (Wildman–Crippen LogP) is 0.181. The van der Waals surface area contributed by atoms with E-state index < -0.39 is 6.04 Å². The van der Waals surface area contributed by atoms with Crippen LogP contribution in [0.25, 0.3) is 0 Å². The summed E-state index contributed by atoms with van der Waals surface area (Å²) in [5.74, 6) is 0.0454. The first-order chi connectivity index (χ1) is 7.15. The molecule has 4 heteroatoms. The summed E-state index contributed by atoms with van der Waals surface area (Å²) in [5.41, 5.74) is 6.60. The van der Waals surface area contributed by atoms with Gasteiger partial charge in [0.2, 0.25) is 0 Å². The molecule has 0 radical (unpaired) electrons. The lowest BCUT2D eigenvalue weighted by atomic mass is 10.1. The van der Waals surface area contributed by atoms with Gasteiger partial charge < -0.3 is 10.5 Å². The maximum absolute atomic E-state index is 11.7. The smallest absolute Gasteiger partial charge is 0.176 e. The summed E-state index contributed by atoms with van der Waals surface area (Å²) in [6, 6.07) is -0.403. The highest BCUT2D eigenvalue weighted by Crippen LogP contribution is 2.02. The van der Waals surface area contributed by atoms with Crippen LogP contribution in [0.4, 0.5) is 0 Å². The maximum atomic E-state index is 11.7. The summed E-state index contributed by atoms with van der Waals surface area (Å²) in [5, 5.41) is 0. The van der Waals surface area contributed by atoms with E-state index in [9.17, 15) is 4.79 Å². The Bertz CT molecular complexity index is 245. The molecule has 86 valence electrons. The molecule has 1 saturated heterocycles. The van der Waals surface area contributed by atoms with Crippen LogP contribution in [-0.4, -0.2) is 49.6 Å². The first-order valence-electron chi connectivity index (χ1n) is 5.38. The molecule has 15 heavy (non-hydrogen) atoms. The van der Waals surface area contributed by atoms with Crippen LogP contribution in [0.5, 0.6) is 0 Å². The molecule has 4 nitrogen and oxygen atoms in total. The number of allylic oxidation sites excluding steroid dienone is 1. The number of hydrogen-bond acceptors (Lipinski definition) is 4. The Hall–Kier alpha value is -0.710. The van der Waals surface area contributed by atoms with Gasteiger partial charge in [-0.3, -0.25) is 9.69 Å². The Morgan fingerprint density at radius 2 is 2.13 bits per heavy atom. The van der Waals surface area contributed by atoms with E-state index in [1.54, 1.807) is 0 Å². The molecule has 0 aromatic carbocycles. The Labute approximate surface area is 91.1 Å². The molecule has 1 rings (SSSR count). The Kier molecular flexibility index (Phi) is 4.94. The molecule has 1 aliphatic rings. The van der Waals surface area contributed by atoms with E-state index in [0.29, 0.717) is 6.54 Å². The van der Waals surface area contributed by atoms with Gasteiger partial charge in [-0.05, 0) is 19.4 Å².